The summed E-state index contributed by atoms with van der Waals surface area (Å²) in [4.78, 5) is 20.2. The number of carbonyl (C=O) groups is 1. The third kappa shape index (κ3) is 4.11. The molecule has 0 saturated carbocycles. The number of amides is 1. The fraction of sp³-hybridized carbons (Fsp3) is 0.529. The number of aliphatic hydroxyl groups is 1. The zero-order chi connectivity index (χ0) is 23.4. The zero-order valence-corrected chi connectivity index (χ0v) is 18.0. The van der Waals surface area contributed by atoms with Gasteiger partial charge in [0.2, 0.25) is 5.82 Å². The van der Waals surface area contributed by atoms with Gasteiger partial charge in [0.15, 0.2) is 5.82 Å². The van der Waals surface area contributed by atoms with Gasteiger partial charge >= 0.3 is 12.4 Å². The van der Waals surface area contributed by atoms with E-state index in [1.165, 1.54) is 0 Å². The molecule has 0 radical (unpaired) electrons. The predicted molar refractivity (Wildman–Crippen MR) is 106 cm³/mol. The van der Waals surface area contributed by atoms with Crippen LogP contribution in [0.1, 0.15) is 41.8 Å². The number of piperidine rings is 1. The smallest absolute Gasteiger partial charge is 0.382 e. The first-order valence-corrected chi connectivity index (χ1v) is 10.6. The molecule has 174 valence electrons. The fourth-order valence-electron chi connectivity index (χ4n) is 4.01. The van der Waals surface area contributed by atoms with Gasteiger partial charge in [0.25, 0.3) is 5.91 Å². The Kier molecular flexibility index (Phi) is 5.75. The highest BCUT2D eigenvalue weighted by Crippen LogP contribution is 2.48. The highest BCUT2D eigenvalue weighted by molar-refractivity contribution is 14.1. The number of anilines is 2. The Morgan fingerprint density at radius 3 is 2.38 bits per heavy atom. The highest BCUT2D eigenvalue weighted by atomic mass is 127. The first-order valence-electron chi connectivity index (χ1n) is 9.31. The molecule has 0 aromatic carbocycles. The van der Waals surface area contributed by atoms with E-state index >= 15 is 0 Å². The second-order valence-corrected chi connectivity index (χ2v) is 8.90. The summed E-state index contributed by atoms with van der Waals surface area (Å²) in [5.74, 6) is -5.52. The maximum Gasteiger partial charge on any atom is 0.451 e. The molecule has 2 aliphatic heterocycles. The number of hydrogen-bond donors (Lipinski definition) is 3. The van der Waals surface area contributed by atoms with Crippen molar-refractivity contribution >= 4 is 40.0 Å². The molecule has 2 aromatic heterocycles. The third-order valence-corrected chi connectivity index (χ3v) is 6.67. The zero-order valence-electron chi connectivity index (χ0n) is 15.9. The van der Waals surface area contributed by atoms with E-state index in [1.54, 1.807) is 4.90 Å². The summed E-state index contributed by atoms with van der Waals surface area (Å²) in [7, 11) is 0. The monoisotopic (exact) mass is 576 g/mol. The predicted octanol–water partition coefficient (Wildman–Crippen LogP) is 3.32. The van der Waals surface area contributed by atoms with Crippen LogP contribution in [-0.2, 0) is 11.0 Å². The summed E-state index contributed by atoms with van der Waals surface area (Å²) in [5.41, 5.74) is 0.245. The minimum Gasteiger partial charge on any atom is -0.382 e. The summed E-state index contributed by atoms with van der Waals surface area (Å²) in [6.07, 6.45) is -9.01. The van der Waals surface area contributed by atoms with Gasteiger partial charge < -0.3 is 15.3 Å². The van der Waals surface area contributed by atoms with Crippen LogP contribution in [0.5, 0.6) is 0 Å². The van der Waals surface area contributed by atoms with Gasteiger partial charge in [-0.25, -0.2) is 9.97 Å². The van der Waals surface area contributed by atoms with Crippen LogP contribution in [0.4, 0.5) is 37.8 Å². The van der Waals surface area contributed by atoms with Gasteiger partial charge in [-0.1, -0.05) is 22.6 Å². The van der Waals surface area contributed by atoms with Gasteiger partial charge in [-0.2, -0.15) is 31.4 Å². The number of aromatic amines is 1. The Morgan fingerprint density at radius 1 is 1.16 bits per heavy atom. The Labute approximate surface area is 189 Å². The van der Waals surface area contributed by atoms with Crippen LogP contribution in [0.2, 0.25) is 0 Å². The second kappa shape index (κ2) is 8.00. The fourth-order valence-corrected chi connectivity index (χ4v) is 5.23. The molecule has 1 saturated heterocycles. The van der Waals surface area contributed by atoms with Crippen molar-refractivity contribution in [3.05, 3.63) is 29.5 Å². The van der Waals surface area contributed by atoms with Crippen molar-refractivity contribution in [3.8, 4) is 0 Å². The van der Waals surface area contributed by atoms with Crippen LogP contribution < -0.4 is 10.2 Å². The summed E-state index contributed by atoms with van der Waals surface area (Å²) >= 11 is 2.04. The van der Waals surface area contributed by atoms with Crippen LogP contribution in [0.15, 0.2) is 12.4 Å². The summed E-state index contributed by atoms with van der Waals surface area (Å²) in [6, 6.07) is 0. The molecule has 0 bridgehead atoms. The lowest BCUT2D eigenvalue weighted by atomic mass is 9.83. The van der Waals surface area contributed by atoms with E-state index in [-0.39, 0.29) is 21.1 Å². The molecule has 32 heavy (non-hydrogen) atoms. The first-order chi connectivity index (χ1) is 14.9. The molecule has 4 atom stereocenters. The van der Waals surface area contributed by atoms with Crippen molar-refractivity contribution in [1.82, 2.24) is 20.2 Å². The van der Waals surface area contributed by atoms with E-state index in [4.69, 9.17) is 0 Å². The largest absolute Gasteiger partial charge is 0.451 e. The van der Waals surface area contributed by atoms with Crippen molar-refractivity contribution < 1.29 is 36.2 Å². The molecular formula is C17H15F6IN6O2. The summed E-state index contributed by atoms with van der Waals surface area (Å²) in [5, 5.41) is 18.5. The lowest BCUT2D eigenvalue weighted by molar-refractivity contribution is -0.177. The molecule has 1 fully saturated rings. The normalized spacial score (nSPS) is 26.6. The quantitative estimate of drug-likeness (QED) is 0.219. The number of aromatic nitrogens is 4. The van der Waals surface area contributed by atoms with Crippen molar-refractivity contribution in [3.63, 3.8) is 0 Å². The van der Waals surface area contributed by atoms with Crippen LogP contribution in [0.3, 0.4) is 0 Å². The molecule has 8 nitrogen and oxygen atoms in total. The number of carbonyl (C=O) groups excluding carboxylic acids is 1. The second-order valence-electron chi connectivity index (χ2n) is 7.46. The number of rotatable bonds is 2. The van der Waals surface area contributed by atoms with Crippen LogP contribution in [-0.4, -0.2) is 54.1 Å². The van der Waals surface area contributed by atoms with E-state index in [9.17, 15) is 36.2 Å². The van der Waals surface area contributed by atoms with Crippen molar-refractivity contribution in [2.24, 2.45) is 0 Å². The lowest BCUT2D eigenvalue weighted by Gasteiger charge is -2.38. The minimum absolute atomic E-state index is 0.173. The molecular weight excluding hydrogens is 561 g/mol. The Balaban J connectivity index is 1.57. The molecule has 2 aliphatic rings. The molecule has 4 unspecified atom stereocenters. The minimum atomic E-state index is -4.87. The van der Waals surface area contributed by atoms with E-state index in [2.05, 4.69) is 25.5 Å². The maximum absolute atomic E-state index is 13.7. The number of H-pyrrole nitrogens is 1. The molecule has 2 aromatic rings. The topological polar surface area (TPSA) is 107 Å². The van der Waals surface area contributed by atoms with Crippen LogP contribution in [0.25, 0.3) is 0 Å². The molecule has 0 spiro atoms. The Hall–Kier alpha value is -2.17. The van der Waals surface area contributed by atoms with Gasteiger partial charge in [-0.3, -0.25) is 9.89 Å². The van der Waals surface area contributed by atoms with Gasteiger partial charge in [0, 0.05) is 23.7 Å². The average molecular weight is 576 g/mol. The third-order valence-electron chi connectivity index (χ3n) is 5.49. The standard InChI is InChI=1S/C17H15F6IN6O2/c18-16(19,20)10-9-11(28-29-13(9)27-14(32)12(10)31)6-1-2-30(8(24)3-6)7-4-25-15(26-5-7)17(21,22)23/h4-6,8,10,12,31H,1-3H2,(H2,27,28,29,32). The van der Waals surface area contributed by atoms with Gasteiger partial charge in [0.1, 0.15) is 12.0 Å². The SMILES string of the molecule is O=C1Nc2n[nH]c(C3CCN(c4cnc(C(F)(F)F)nc4)C(I)C3)c2C(C(F)(F)F)C1O. The number of nitrogens with one attached hydrogen (secondary N) is 2. The molecule has 15 heteroatoms. The van der Waals surface area contributed by atoms with E-state index < -0.39 is 42.0 Å². The maximum atomic E-state index is 13.7. The summed E-state index contributed by atoms with van der Waals surface area (Å²) in [6.45, 7) is 0.312. The van der Waals surface area contributed by atoms with E-state index in [0.29, 0.717) is 25.1 Å². The number of aliphatic hydroxyl groups excluding tert-OH is 1. The molecule has 4 rings (SSSR count). The number of alkyl halides is 7. The Morgan fingerprint density at radius 2 is 1.81 bits per heavy atom. The van der Waals surface area contributed by atoms with Gasteiger partial charge in [0.05, 0.1) is 22.1 Å². The van der Waals surface area contributed by atoms with E-state index in [0.717, 1.165) is 12.4 Å². The lowest BCUT2D eigenvalue weighted by Crippen LogP contribution is -2.45. The van der Waals surface area contributed by atoms with Gasteiger partial charge in [-0.15, -0.1) is 0 Å². The van der Waals surface area contributed by atoms with E-state index in [1.807, 2.05) is 22.6 Å². The molecule has 1 amide bonds. The van der Waals surface area contributed by atoms with Crippen molar-refractivity contribution in [1.29, 1.82) is 0 Å². The van der Waals surface area contributed by atoms with Crippen LogP contribution >= 0.6 is 22.6 Å². The number of nitrogens with zero attached hydrogens (tertiary/aromatic N) is 4. The first kappa shape index (κ1) is 23.0. The summed E-state index contributed by atoms with van der Waals surface area (Å²) < 4.78 is 78.7. The number of hydrogen-bond acceptors (Lipinski definition) is 6. The average Bonchev–Trinajstić information content (AvgIpc) is 3.10. The van der Waals surface area contributed by atoms with Crippen LogP contribution in [0, 0.1) is 0 Å². The van der Waals surface area contributed by atoms with Gasteiger partial charge in [-0.05, 0) is 12.8 Å². The number of fused-ring (bicyclic) bond motifs is 1. The molecule has 3 N–H and O–H groups in total. The Bertz CT molecular complexity index is 1010. The number of halogens is 7. The molecule has 0 aliphatic carbocycles. The highest BCUT2D eigenvalue weighted by Gasteiger charge is 2.54. The van der Waals surface area contributed by atoms with Crippen molar-refractivity contribution in [2.75, 3.05) is 16.8 Å². The van der Waals surface area contributed by atoms with Crippen molar-refractivity contribution in [2.45, 2.75) is 47.2 Å². The molecule has 4 heterocycles.